The highest BCUT2D eigenvalue weighted by Crippen LogP contribution is 2.57. The first-order valence-electron chi connectivity index (χ1n) is 31.8. The summed E-state index contributed by atoms with van der Waals surface area (Å²) in [4.78, 5) is 75.8. The van der Waals surface area contributed by atoms with Gasteiger partial charge >= 0.3 is 0 Å². The molecule has 4 saturated heterocycles. The molecule has 6 aliphatic carbocycles. The molecule has 6 saturated carbocycles. The lowest BCUT2D eigenvalue weighted by molar-refractivity contribution is -0.139. The van der Waals surface area contributed by atoms with Crippen LogP contribution in [0.3, 0.4) is 0 Å². The van der Waals surface area contributed by atoms with Crippen LogP contribution in [0.2, 0.25) is 0 Å². The van der Waals surface area contributed by atoms with Crippen LogP contribution in [0.4, 0.5) is 0 Å². The van der Waals surface area contributed by atoms with Gasteiger partial charge in [-0.25, -0.2) is 8.42 Å². The Balaban J connectivity index is 0.000000157. The van der Waals surface area contributed by atoms with Gasteiger partial charge in [-0.3, -0.25) is 33.0 Å². The zero-order valence-corrected chi connectivity index (χ0v) is 54.9. The van der Waals surface area contributed by atoms with Crippen molar-refractivity contribution < 1.29 is 54.9 Å². The van der Waals surface area contributed by atoms with Crippen molar-refractivity contribution in [3.05, 3.63) is 60.7 Å². The second-order valence-corrected chi connectivity index (χ2v) is 31.8. The largest absolute Gasteiger partial charge is 0.387 e. The number of rotatable bonds is 14. The first-order valence-corrected chi connectivity index (χ1v) is 35.5. The smallest absolute Gasteiger partial charge is 0.297 e. The molecular formula is C64H94ClN11O12S2. The lowest BCUT2D eigenvalue weighted by Gasteiger charge is -2.30. The highest BCUT2D eigenvalue weighted by molar-refractivity contribution is 8.13. The lowest BCUT2D eigenvalue weighted by Crippen LogP contribution is -2.51. The second-order valence-electron chi connectivity index (χ2n) is 27.6. The molecular weight excluding hydrogens is 1210 g/mol. The summed E-state index contributed by atoms with van der Waals surface area (Å²) < 4.78 is 49.6. The minimum atomic E-state index is -3.94. The van der Waals surface area contributed by atoms with Crippen LogP contribution in [0, 0.1) is 38.9 Å². The third-order valence-electron chi connectivity index (χ3n) is 20.6. The number of halogens is 1. The summed E-state index contributed by atoms with van der Waals surface area (Å²) in [5.41, 5.74) is 18.8. The van der Waals surface area contributed by atoms with Gasteiger partial charge in [-0.2, -0.15) is 18.9 Å². The highest BCUT2D eigenvalue weighted by atomic mass is 35.7. The number of fused-ring (bicyclic) bond motifs is 6. The molecule has 10 aliphatic rings. The number of amides is 6. The topological polar surface area (TPSA) is 363 Å². The molecule has 23 nitrogen and oxygen atoms in total. The number of primary amides is 2. The van der Waals surface area contributed by atoms with Crippen LogP contribution in [-0.4, -0.2) is 170 Å². The summed E-state index contributed by atoms with van der Waals surface area (Å²) in [6.45, 7) is 9.15. The summed E-state index contributed by atoms with van der Waals surface area (Å²) >= 11 is 0. The second kappa shape index (κ2) is 30.3. The van der Waals surface area contributed by atoms with E-state index in [2.05, 4.69) is 37.5 Å². The third kappa shape index (κ3) is 18.7. The molecule has 2 aromatic rings. The maximum Gasteiger partial charge on any atom is 0.297 e. The molecule has 9 N–H and O–H groups in total. The van der Waals surface area contributed by atoms with E-state index in [0.29, 0.717) is 68.2 Å². The third-order valence-corrected chi connectivity index (χ3v) is 23.2. The number of nitrogens with zero attached hydrogens (tertiary/aromatic N) is 6. The van der Waals surface area contributed by atoms with Crippen molar-refractivity contribution in [3.8, 4) is 12.1 Å². The van der Waals surface area contributed by atoms with Crippen molar-refractivity contribution in [2.75, 3.05) is 52.5 Å². The SMILES string of the molecule is CC12CCC(N)(CC1)C2.CC12CCC(NCC(=O)N3CCCC3C#N)(CC1)C2.CC12CCC(NCC(=O)N3CCCC3C(N)=O)(CC1)C2.N#CC1CCCN1C(=O)COS(=O)(=O)c1ccccc1.NC(=O)C1CCCN1C(=O)CO.O=S(=O)(Cl)c1ccccc1. The molecule has 0 spiro atoms. The van der Waals surface area contributed by atoms with E-state index in [1.807, 2.05) is 6.07 Å². The van der Waals surface area contributed by atoms with E-state index in [4.69, 9.17) is 47.7 Å². The zero-order chi connectivity index (χ0) is 65.8. The van der Waals surface area contributed by atoms with Gasteiger partial charge in [0.05, 0.1) is 35.0 Å². The predicted octanol–water partition coefficient (Wildman–Crippen LogP) is 5.23. The van der Waals surface area contributed by atoms with Gasteiger partial charge in [0.2, 0.25) is 29.5 Å². The number of aliphatic hydroxyl groups excluding tert-OH is 1. The Kier molecular flexibility index (Phi) is 24.1. The first kappa shape index (κ1) is 71.7. The van der Waals surface area contributed by atoms with E-state index < -0.39 is 62.2 Å². The van der Waals surface area contributed by atoms with Crippen LogP contribution in [0.1, 0.15) is 168 Å². The van der Waals surface area contributed by atoms with Crippen LogP contribution in [0.25, 0.3) is 0 Å². The van der Waals surface area contributed by atoms with Crippen LogP contribution >= 0.6 is 10.7 Å². The molecule has 496 valence electrons. The standard InChI is InChI=1S/C15H25N3O2.C15H23N3O.C13H14N2O4S.C8H15N.C7H12N2O3.C6H5ClO2S/c1-14-4-6-15(10-14,7-5-14)17-9-12(19)18-8-2-3-11(18)13(16)20;1-14-4-6-15(11-14,7-5-14)17-10-13(19)18-8-2-3-12(18)9-16;14-9-11-5-4-8-15(11)13(16)10-19-20(17,18)12-6-2-1-3-7-12;1-7-2-4-8(9,6-7)5-3-7;8-7(12)5-2-1-3-9(5)6(11)4-10;7-10(8,9)6-4-2-1-3-5-6/h11,17H,2-10H2,1H3,(H2,16,20);12,17H,2-8,10-11H2,1H3;1-3,6-7,11H,4-5,8,10H2;2-6,9H2,1H3;5,10H,1-4H2,(H2,8,12);1-5H. The number of carbonyl (C=O) groups excluding carboxylic acids is 6. The lowest BCUT2D eigenvalue weighted by atomic mass is 9.86. The highest BCUT2D eigenvalue weighted by Gasteiger charge is 2.53. The fraction of sp³-hybridized carbons (Fsp3) is 0.688. The molecule has 0 radical (unpaired) electrons. The van der Waals surface area contributed by atoms with Crippen molar-refractivity contribution in [1.29, 1.82) is 10.5 Å². The normalized spacial score (nSPS) is 31.5. The summed E-state index contributed by atoms with van der Waals surface area (Å²) in [5.74, 6) is -1.62. The summed E-state index contributed by atoms with van der Waals surface area (Å²) in [5, 5.41) is 33.5. The molecule has 26 heteroatoms. The Morgan fingerprint density at radius 2 is 0.922 bits per heavy atom. The zero-order valence-electron chi connectivity index (χ0n) is 52.6. The number of carbonyl (C=O) groups is 6. The summed E-state index contributed by atoms with van der Waals surface area (Å²) in [6, 6.07) is 18.2. The Hall–Kier alpha value is -5.77. The molecule has 6 amide bonds. The molecule has 90 heavy (non-hydrogen) atoms. The van der Waals surface area contributed by atoms with Gasteiger partial charge in [0, 0.05) is 53.5 Å². The number of hydrogen-bond acceptors (Lipinski definition) is 17. The van der Waals surface area contributed by atoms with Crippen molar-refractivity contribution in [2.24, 2.45) is 33.4 Å². The number of nitrogens with two attached hydrogens (primary N) is 3. The first-order chi connectivity index (χ1) is 42.4. The van der Waals surface area contributed by atoms with E-state index in [9.17, 15) is 45.6 Å². The van der Waals surface area contributed by atoms with E-state index in [-0.39, 0.29) is 56.2 Å². The van der Waals surface area contributed by atoms with Crippen LogP contribution in [-0.2, 0) is 52.1 Å². The molecule has 4 aliphatic heterocycles. The fourth-order valence-electron chi connectivity index (χ4n) is 15.4. The molecule has 4 unspecified atom stereocenters. The van der Waals surface area contributed by atoms with Gasteiger partial charge in [0.15, 0.2) is 0 Å². The van der Waals surface area contributed by atoms with E-state index in [1.54, 1.807) is 46.2 Å². The van der Waals surface area contributed by atoms with Crippen molar-refractivity contribution in [3.63, 3.8) is 0 Å². The van der Waals surface area contributed by atoms with E-state index in [1.165, 1.54) is 130 Å². The van der Waals surface area contributed by atoms with Crippen molar-refractivity contribution in [2.45, 2.75) is 219 Å². The molecule has 4 atom stereocenters. The number of likely N-dealkylation sites (tertiary alicyclic amines) is 4. The molecule has 12 rings (SSSR count). The Bertz CT molecular complexity index is 3140. The van der Waals surface area contributed by atoms with Gasteiger partial charge in [0.1, 0.15) is 37.4 Å². The van der Waals surface area contributed by atoms with Gasteiger partial charge in [-0.15, -0.1) is 0 Å². The van der Waals surface area contributed by atoms with Gasteiger partial charge in [-0.1, -0.05) is 57.2 Å². The number of aliphatic hydroxyl groups is 1. The number of benzene rings is 2. The number of nitrogens with one attached hydrogen (secondary N) is 2. The Morgan fingerprint density at radius 3 is 1.26 bits per heavy atom. The van der Waals surface area contributed by atoms with Crippen LogP contribution in [0.5, 0.6) is 0 Å². The maximum absolute atomic E-state index is 12.3. The molecule has 10 fully saturated rings. The van der Waals surface area contributed by atoms with E-state index in [0.717, 1.165) is 38.6 Å². The molecule has 2 aromatic carbocycles. The van der Waals surface area contributed by atoms with Gasteiger partial charge in [0.25, 0.3) is 25.1 Å². The van der Waals surface area contributed by atoms with Crippen molar-refractivity contribution in [1.82, 2.24) is 30.2 Å². The van der Waals surface area contributed by atoms with Gasteiger partial charge < -0.3 is 52.5 Å². The van der Waals surface area contributed by atoms with E-state index >= 15 is 0 Å². The van der Waals surface area contributed by atoms with Gasteiger partial charge in [-0.05, 0) is 188 Å². The Morgan fingerprint density at radius 1 is 0.556 bits per heavy atom. The number of nitriles is 2. The average Bonchev–Trinajstić information content (AvgIpc) is 1.65. The summed E-state index contributed by atoms with van der Waals surface area (Å²) in [6.07, 6.45) is 25.0. The van der Waals surface area contributed by atoms with Crippen molar-refractivity contribution >= 4 is 65.3 Å². The van der Waals surface area contributed by atoms with Crippen LogP contribution < -0.4 is 27.8 Å². The molecule has 4 heterocycles. The fourth-order valence-corrected chi connectivity index (χ4v) is 17.1. The summed E-state index contributed by atoms with van der Waals surface area (Å²) in [7, 11) is -2.44. The monoisotopic (exact) mass is 1310 g/mol. The van der Waals surface area contributed by atoms with Crippen LogP contribution in [0.15, 0.2) is 70.5 Å². The maximum atomic E-state index is 12.3. The molecule has 0 aromatic heterocycles. The Labute approximate surface area is 536 Å². The predicted molar refractivity (Wildman–Crippen MR) is 337 cm³/mol. The minimum Gasteiger partial charge on any atom is -0.387 e. The average molecular weight is 1310 g/mol. The quantitative estimate of drug-likeness (QED) is 0.104. The molecule has 6 bridgehead atoms. The minimum absolute atomic E-state index is 0.00561. The number of hydrogen-bond donors (Lipinski definition) is 6.